The maximum Gasteiger partial charge on any atom is 0.316 e. The Balaban J connectivity index is 2.12. The molecule has 2 aromatic rings. The van der Waals surface area contributed by atoms with Crippen molar-refractivity contribution in [3.05, 3.63) is 29.3 Å². The number of nitrogens with zero attached hydrogens (tertiary/aromatic N) is 3. The molecule has 152 valence electrons. The third-order valence-corrected chi connectivity index (χ3v) is 6.79. The molecule has 0 aliphatic rings. The first-order chi connectivity index (χ1) is 13.1. The topological polar surface area (TPSA) is 119 Å². The predicted molar refractivity (Wildman–Crippen MR) is 110 cm³/mol. The smallest absolute Gasteiger partial charge is 0.316 e. The lowest BCUT2D eigenvalue weighted by Crippen LogP contribution is -2.45. The molecule has 28 heavy (non-hydrogen) atoms. The van der Waals surface area contributed by atoms with Gasteiger partial charge in [0.05, 0.1) is 24.8 Å². The lowest BCUT2D eigenvalue weighted by Gasteiger charge is -2.27. The summed E-state index contributed by atoms with van der Waals surface area (Å²) >= 11 is 8.03. The average Bonchev–Trinajstić information content (AvgIpc) is 3.07. The monoisotopic (exact) mass is 464 g/mol. The van der Waals surface area contributed by atoms with Gasteiger partial charge >= 0.3 is 5.97 Å². The van der Waals surface area contributed by atoms with Crippen molar-refractivity contribution in [1.29, 1.82) is 0 Å². The summed E-state index contributed by atoms with van der Waals surface area (Å²) < 4.78 is 30.5. The van der Waals surface area contributed by atoms with E-state index in [1.54, 1.807) is 0 Å². The van der Waals surface area contributed by atoms with Crippen molar-refractivity contribution in [2.45, 2.75) is 17.3 Å². The van der Waals surface area contributed by atoms with Crippen LogP contribution >= 0.6 is 34.7 Å². The summed E-state index contributed by atoms with van der Waals surface area (Å²) in [7, 11) is -2.46. The van der Waals surface area contributed by atoms with Gasteiger partial charge in [0.15, 0.2) is 4.34 Å². The molecular formula is C15H17ClN4O5S3. The molecule has 0 aliphatic carbocycles. The van der Waals surface area contributed by atoms with E-state index in [0.29, 0.717) is 15.0 Å². The zero-order chi connectivity index (χ0) is 20.9. The Morgan fingerprint density at radius 2 is 1.96 bits per heavy atom. The Labute approximate surface area is 175 Å². The summed E-state index contributed by atoms with van der Waals surface area (Å²) in [6, 6.07) is 5.05. The van der Waals surface area contributed by atoms with Gasteiger partial charge in [0.1, 0.15) is 6.04 Å². The van der Waals surface area contributed by atoms with Crippen LogP contribution in [0.1, 0.15) is 6.92 Å². The fraction of sp³-hybridized carbons (Fsp3) is 0.333. The van der Waals surface area contributed by atoms with Crippen LogP contribution in [0.15, 0.2) is 28.6 Å². The highest BCUT2D eigenvalue weighted by Gasteiger charge is 2.29. The molecule has 0 spiro atoms. The summed E-state index contributed by atoms with van der Waals surface area (Å²) in [5.41, 5.74) is 0.307. The number of hydrogen-bond acceptors (Lipinski definition) is 9. The minimum atomic E-state index is -3.74. The molecule has 0 unspecified atom stereocenters. The fourth-order valence-electron chi connectivity index (χ4n) is 2.10. The van der Waals surface area contributed by atoms with Gasteiger partial charge in [-0.05, 0) is 31.2 Å². The molecular weight excluding hydrogens is 448 g/mol. The summed E-state index contributed by atoms with van der Waals surface area (Å²) in [6.45, 7) is 1.46. The van der Waals surface area contributed by atoms with Gasteiger partial charge < -0.3 is 4.74 Å². The molecule has 0 bridgehead atoms. The summed E-state index contributed by atoms with van der Waals surface area (Å²) in [4.78, 5) is 23.7. The standard InChI is InChI=1S/C15H17ClN4O5S3/c1-9(20(28(3,23)24)11-6-4-10(16)5-7-11)13(22)17-14-18-19-15(27-14)26-8-12(21)25-2/h4-7,9H,8H2,1-3H3,(H,17,18,22)/t9-/m1/s1. The molecule has 1 atom stereocenters. The van der Waals surface area contributed by atoms with Gasteiger partial charge in [0.2, 0.25) is 21.1 Å². The van der Waals surface area contributed by atoms with Crippen molar-refractivity contribution < 1.29 is 22.7 Å². The van der Waals surface area contributed by atoms with Crippen LogP contribution in [0.3, 0.4) is 0 Å². The quantitative estimate of drug-likeness (QED) is 0.359. The van der Waals surface area contributed by atoms with E-state index in [1.807, 2.05) is 0 Å². The first-order valence-corrected chi connectivity index (χ1v) is 11.7. The van der Waals surface area contributed by atoms with Crippen LogP contribution in [-0.4, -0.2) is 55.7 Å². The van der Waals surface area contributed by atoms with Crippen molar-refractivity contribution in [2.24, 2.45) is 0 Å². The highest BCUT2D eigenvalue weighted by atomic mass is 35.5. The number of anilines is 2. The Kier molecular flexibility index (Phi) is 7.63. The maximum absolute atomic E-state index is 12.6. The molecule has 1 aromatic heterocycles. The van der Waals surface area contributed by atoms with Gasteiger partial charge in [-0.15, -0.1) is 10.2 Å². The molecule has 1 N–H and O–H groups in total. The molecule has 2 rings (SSSR count). The number of methoxy groups -OCH3 is 1. The second-order valence-electron chi connectivity index (χ2n) is 5.44. The molecule has 0 saturated carbocycles. The number of thioether (sulfide) groups is 1. The number of ether oxygens (including phenoxy) is 1. The number of aromatic nitrogens is 2. The molecule has 1 heterocycles. The van der Waals surface area contributed by atoms with Gasteiger partial charge in [-0.1, -0.05) is 34.7 Å². The molecule has 1 amide bonds. The highest BCUT2D eigenvalue weighted by Crippen LogP contribution is 2.27. The Bertz CT molecular complexity index is 949. The Hall–Kier alpha value is -1.89. The van der Waals surface area contributed by atoms with Gasteiger partial charge in [-0.25, -0.2) is 8.42 Å². The van der Waals surface area contributed by atoms with E-state index in [9.17, 15) is 18.0 Å². The second-order valence-corrected chi connectivity index (χ2v) is 9.93. The number of benzene rings is 1. The minimum Gasteiger partial charge on any atom is -0.468 e. The maximum atomic E-state index is 12.6. The number of sulfonamides is 1. The van der Waals surface area contributed by atoms with Crippen molar-refractivity contribution in [3.8, 4) is 0 Å². The Morgan fingerprint density at radius 1 is 1.32 bits per heavy atom. The number of carbonyl (C=O) groups excluding carboxylic acids is 2. The molecule has 0 saturated heterocycles. The van der Waals surface area contributed by atoms with Gasteiger partial charge in [-0.2, -0.15) is 0 Å². The van der Waals surface area contributed by atoms with Crippen LogP contribution in [0.5, 0.6) is 0 Å². The molecule has 0 fully saturated rings. The predicted octanol–water partition coefficient (Wildman–Crippen LogP) is 2.25. The van der Waals surface area contributed by atoms with E-state index in [4.69, 9.17) is 11.6 Å². The largest absolute Gasteiger partial charge is 0.468 e. The van der Waals surface area contributed by atoms with Gasteiger partial charge in [0, 0.05) is 5.02 Å². The van der Waals surface area contributed by atoms with Crippen LogP contribution in [0.25, 0.3) is 0 Å². The van der Waals surface area contributed by atoms with Crippen molar-refractivity contribution in [1.82, 2.24) is 10.2 Å². The number of hydrogen-bond donors (Lipinski definition) is 1. The first kappa shape index (κ1) is 22.4. The van der Waals surface area contributed by atoms with E-state index in [-0.39, 0.29) is 10.9 Å². The number of nitrogens with one attached hydrogen (secondary N) is 1. The second kappa shape index (κ2) is 9.54. The zero-order valence-electron chi connectivity index (χ0n) is 15.1. The van der Waals surface area contributed by atoms with E-state index in [1.165, 1.54) is 38.3 Å². The highest BCUT2D eigenvalue weighted by molar-refractivity contribution is 8.01. The number of halogens is 1. The van der Waals surface area contributed by atoms with Crippen LogP contribution in [0, 0.1) is 0 Å². The summed E-state index contributed by atoms with van der Waals surface area (Å²) in [5.74, 6) is -0.930. The van der Waals surface area contributed by atoms with E-state index in [0.717, 1.165) is 33.7 Å². The molecule has 0 aliphatic heterocycles. The van der Waals surface area contributed by atoms with E-state index < -0.39 is 27.9 Å². The Morgan fingerprint density at radius 3 is 2.54 bits per heavy atom. The molecule has 1 aromatic carbocycles. The van der Waals surface area contributed by atoms with Crippen molar-refractivity contribution >= 4 is 67.4 Å². The third-order valence-electron chi connectivity index (χ3n) is 3.35. The van der Waals surface area contributed by atoms with E-state index in [2.05, 4.69) is 20.3 Å². The van der Waals surface area contributed by atoms with Crippen LogP contribution in [0.2, 0.25) is 5.02 Å². The summed E-state index contributed by atoms with van der Waals surface area (Å²) in [6.07, 6.45) is 1.01. The minimum absolute atomic E-state index is 0.0634. The zero-order valence-corrected chi connectivity index (χ0v) is 18.3. The van der Waals surface area contributed by atoms with E-state index >= 15 is 0 Å². The number of rotatable bonds is 8. The van der Waals surface area contributed by atoms with Crippen LogP contribution in [-0.2, 0) is 24.3 Å². The number of amides is 1. The molecule has 13 heteroatoms. The molecule has 9 nitrogen and oxygen atoms in total. The lowest BCUT2D eigenvalue weighted by molar-refractivity contribution is -0.137. The van der Waals surface area contributed by atoms with Gasteiger partial charge in [-0.3, -0.25) is 19.2 Å². The van der Waals surface area contributed by atoms with Crippen molar-refractivity contribution in [3.63, 3.8) is 0 Å². The van der Waals surface area contributed by atoms with Crippen molar-refractivity contribution in [2.75, 3.05) is 28.7 Å². The molecule has 0 radical (unpaired) electrons. The number of carbonyl (C=O) groups is 2. The van der Waals surface area contributed by atoms with Crippen LogP contribution < -0.4 is 9.62 Å². The fourth-order valence-corrected chi connectivity index (χ4v) is 4.99. The lowest BCUT2D eigenvalue weighted by atomic mass is 10.2. The summed E-state index contributed by atoms with van der Waals surface area (Å²) in [5, 5.41) is 10.9. The van der Waals surface area contributed by atoms with Crippen LogP contribution in [0.4, 0.5) is 10.8 Å². The average molecular weight is 465 g/mol. The normalized spacial score (nSPS) is 12.3. The van der Waals surface area contributed by atoms with Gasteiger partial charge in [0.25, 0.3) is 0 Å². The first-order valence-electron chi connectivity index (χ1n) is 7.70. The third kappa shape index (κ3) is 6.06. The SMILES string of the molecule is COC(=O)CSc1nnc(NC(=O)[C@@H](C)N(c2ccc(Cl)cc2)S(C)(=O)=O)s1. The number of esters is 1.